The van der Waals surface area contributed by atoms with E-state index in [0.717, 1.165) is 19.3 Å². The monoisotopic (exact) mass is 573 g/mol. The first-order chi connectivity index (χ1) is 16.9. The van der Waals surface area contributed by atoms with Crippen molar-refractivity contribution in [2.24, 2.45) is 0 Å². The predicted molar refractivity (Wildman–Crippen MR) is 142 cm³/mol. The molecule has 37 heavy (non-hydrogen) atoms. The van der Waals surface area contributed by atoms with Crippen molar-refractivity contribution >= 4 is 19.8 Å². The Morgan fingerprint density at radius 2 is 0.757 bits per heavy atom. The van der Waals surface area contributed by atoms with Crippen molar-refractivity contribution in [3.8, 4) is 17.2 Å². The molecule has 3 heterocycles. The SMILES string of the molecule is CCCc1oc(C)cc(=O)c1O.CCCc1oc(C)cc(=O)c1O.CCCc1oc(C)cc(=O)c1O.[Ga]. The van der Waals surface area contributed by atoms with E-state index >= 15 is 0 Å². The molecule has 0 saturated carbocycles. The summed E-state index contributed by atoms with van der Waals surface area (Å²) in [6.45, 7) is 11.0. The fraction of sp³-hybridized carbons (Fsp3) is 0.444. The molecule has 201 valence electrons. The Morgan fingerprint density at radius 3 is 0.946 bits per heavy atom. The quantitative estimate of drug-likeness (QED) is 0.363. The van der Waals surface area contributed by atoms with Crippen LogP contribution in [0.15, 0.2) is 45.8 Å². The van der Waals surface area contributed by atoms with Gasteiger partial charge in [-0.2, -0.15) is 0 Å². The predicted octanol–water partition coefficient (Wildman–Crippen LogP) is 4.44. The fourth-order valence-corrected chi connectivity index (χ4v) is 3.18. The Bertz CT molecular complexity index is 1140. The third-order valence-corrected chi connectivity index (χ3v) is 4.78. The van der Waals surface area contributed by atoms with Gasteiger partial charge in [0.15, 0.2) is 0 Å². The molecule has 3 radical (unpaired) electrons. The first-order valence-corrected chi connectivity index (χ1v) is 11.9. The third-order valence-electron chi connectivity index (χ3n) is 4.78. The maximum atomic E-state index is 11.0. The number of aromatic hydroxyl groups is 3. The van der Waals surface area contributed by atoms with E-state index in [4.69, 9.17) is 13.3 Å². The number of hydrogen-bond acceptors (Lipinski definition) is 9. The van der Waals surface area contributed by atoms with Crippen LogP contribution >= 0.6 is 0 Å². The molecule has 3 aromatic rings. The van der Waals surface area contributed by atoms with Gasteiger partial charge in [-0.25, -0.2) is 0 Å². The largest absolute Gasteiger partial charge is 0.502 e. The Hall–Kier alpha value is -3.11. The molecule has 0 bridgehead atoms. The maximum Gasteiger partial charge on any atom is 0.227 e. The standard InChI is InChI=1S/3C9H12O3.Ga/c3*1-3-4-8-9(11)7(10)5-6(2)12-8;/h3*5,11H,3-4H2,1-2H3;. The first-order valence-electron chi connectivity index (χ1n) is 11.9. The summed E-state index contributed by atoms with van der Waals surface area (Å²) in [4.78, 5) is 33.1. The molecular formula is C27H36GaO9. The maximum absolute atomic E-state index is 11.0. The minimum absolute atomic E-state index is 0. The molecule has 0 unspecified atom stereocenters. The van der Waals surface area contributed by atoms with Gasteiger partial charge < -0.3 is 28.6 Å². The molecule has 0 aliphatic rings. The van der Waals surface area contributed by atoms with Crippen LogP contribution in [0.1, 0.15) is 74.6 Å². The first kappa shape index (κ1) is 33.9. The van der Waals surface area contributed by atoms with Crippen LogP contribution in [0.3, 0.4) is 0 Å². The van der Waals surface area contributed by atoms with E-state index in [1.54, 1.807) is 20.8 Å². The molecule has 3 aromatic heterocycles. The molecule has 0 aliphatic carbocycles. The molecule has 0 fully saturated rings. The average molecular weight is 574 g/mol. The van der Waals surface area contributed by atoms with Crippen LogP contribution in [-0.2, 0) is 19.3 Å². The zero-order valence-electron chi connectivity index (χ0n) is 22.3. The van der Waals surface area contributed by atoms with Gasteiger partial charge in [0.05, 0.1) is 0 Å². The zero-order chi connectivity index (χ0) is 27.4. The molecule has 3 rings (SSSR count). The smallest absolute Gasteiger partial charge is 0.227 e. The molecule has 0 amide bonds. The van der Waals surface area contributed by atoms with Gasteiger partial charge >= 0.3 is 0 Å². The van der Waals surface area contributed by atoms with Crippen molar-refractivity contribution < 1.29 is 28.6 Å². The van der Waals surface area contributed by atoms with Crippen molar-refractivity contribution in [3.63, 3.8) is 0 Å². The van der Waals surface area contributed by atoms with Crippen molar-refractivity contribution in [2.45, 2.75) is 80.1 Å². The normalized spacial score (nSPS) is 9.89. The van der Waals surface area contributed by atoms with Gasteiger partial charge in [-0.05, 0) is 40.0 Å². The van der Waals surface area contributed by atoms with Gasteiger partial charge in [0.1, 0.15) is 34.6 Å². The Labute approximate surface area is 228 Å². The Morgan fingerprint density at radius 1 is 0.541 bits per heavy atom. The van der Waals surface area contributed by atoms with Gasteiger partial charge in [0, 0.05) is 57.3 Å². The molecule has 0 aromatic carbocycles. The van der Waals surface area contributed by atoms with E-state index in [-0.39, 0.29) is 53.3 Å². The van der Waals surface area contributed by atoms with Gasteiger partial charge in [-0.1, -0.05) is 20.8 Å². The molecular weight excluding hydrogens is 538 g/mol. The second-order valence-electron chi connectivity index (χ2n) is 8.23. The molecule has 9 nitrogen and oxygen atoms in total. The Kier molecular flexibility index (Phi) is 15.2. The minimum Gasteiger partial charge on any atom is -0.502 e. The van der Waals surface area contributed by atoms with Crippen LogP contribution in [0, 0.1) is 20.8 Å². The summed E-state index contributed by atoms with van der Waals surface area (Å²) < 4.78 is 15.5. The van der Waals surface area contributed by atoms with Crippen molar-refractivity contribution in [1.29, 1.82) is 0 Å². The summed E-state index contributed by atoms with van der Waals surface area (Å²) in [6, 6.07) is 3.86. The summed E-state index contributed by atoms with van der Waals surface area (Å²) in [5, 5.41) is 27.7. The van der Waals surface area contributed by atoms with Crippen molar-refractivity contribution in [3.05, 3.63) is 83.4 Å². The second-order valence-corrected chi connectivity index (χ2v) is 8.23. The third kappa shape index (κ3) is 10.8. The summed E-state index contributed by atoms with van der Waals surface area (Å²) in [6.07, 6.45) is 4.34. The second kappa shape index (κ2) is 16.6. The van der Waals surface area contributed by atoms with Gasteiger partial charge in [-0.3, -0.25) is 14.4 Å². The summed E-state index contributed by atoms with van der Waals surface area (Å²) in [7, 11) is 0. The van der Waals surface area contributed by atoms with Crippen LogP contribution < -0.4 is 16.3 Å². The van der Waals surface area contributed by atoms with Crippen molar-refractivity contribution in [1.82, 2.24) is 0 Å². The molecule has 10 heteroatoms. The molecule has 0 saturated heterocycles. The van der Waals surface area contributed by atoms with Crippen LogP contribution in [0.4, 0.5) is 0 Å². The van der Waals surface area contributed by atoms with E-state index in [2.05, 4.69) is 0 Å². The average Bonchev–Trinajstić information content (AvgIpc) is 2.80. The summed E-state index contributed by atoms with van der Waals surface area (Å²) in [5.74, 6) is 2.06. The van der Waals surface area contributed by atoms with E-state index < -0.39 is 0 Å². The van der Waals surface area contributed by atoms with Crippen LogP contribution in [0.25, 0.3) is 0 Å². The zero-order valence-corrected chi connectivity index (χ0v) is 24.8. The summed E-state index contributed by atoms with van der Waals surface area (Å²) in [5.41, 5.74) is -1.08. The molecule has 0 spiro atoms. The number of hydrogen-bond donors (Lipinski definition) is 3. The fourth-order valence-electron chi connectivity index (χ4n) is 3.18. The Balaban J connectivity index is 0.000000518. The van der Waals surface area contributed by atoms with Gasteiger partial charge in [0.25, 0.3) is 0 Å². The van der Waals surface area contributed by atoms with Crippen LogP contribution in [0.5, 0.6) is 17.2 Å². The van der Waals surface area contributed by atoms with Gasteiger partial charge in [-0.15, -0.1) is 0 Å². The number of aryl methyl sites for hydroxylation is 6. The minimum atomic E-state index is -0.359. The molecule has 0 aliphatic heterocycles. The van der Waals surface area contributed by atoms with Crippen molar-refractivity contribution in [2.75, 3.05) is 0 Å². The molecule has 0 atom stereocenters. The van der Waals surface area contributed by atoms with E-state index in [9.17, 15) is 29.7 Å². The summed E-state index contributed by atoms with van der Waals surface area (Å²) >= 11 is 0. The van der Waals surface area contributed by atoms with E-state index in [1.807, 2.05) is 20.8 Å². The van der Waals surface area contributed by atoms with Crippen LogP contribution in [0.2, 0.25) is 0 Å². The topological polar surface area (TPSA) is 151 Å². The van der Waals surface area contributed by atoms with Gasteiger partial charge in [0.2, 0.25) is 33.5 Å². The number of rotatable bonds is 6. The van der Waals surface area contributed by atoms with Crippen LogP contribution in [-0.4, -0.2) is 35.1 Å². The van der Waals surface area contributed by atoms with E-state index in [1.165, 1.54) is 18.2 Å². The van der Waals surface area contributed by atoms with E-state index in [0.29, 0.717) is 53.8 Å². The molecule has 3 N–H and O–H groups in total.